The molecule has 0 aliphatic carbocycles. The Balaban J connectivity index is 2.49. The Kier molecular flexibility index (Phi) is 1.81. The van der Waals surface area contributed by atoms with Crippen molar-refractivity contribution in [2.45, 2.75) is 20.8 Å². The number of ether oxygens (including phenoxy) is 1. The topological polar surface area (TPSA) is 22.1 Å². The molecule has 0 saturated carbocycles. The Morgan fingerprint density at radius 1 is 1.12 bits per heavy atom. The van der Waals surface area contributed by atoms with Crippen LogP contribution < -0.4 is 4.74 Å². The number of aromatic nitrogens is 1. The Morgan fingerprint density at radius 3 is 2.75 bits per heavy atom. The van der Waals surface area contributed by atoms with Crippen LogP contribution in [0.5, 0.6) is 5.75 Å². The molecule has 0 spiro atoms. The summed E-state index contributed by atoms with van der Waals surface area (Å²) in [5.74, 6) is 1.87. The first-order valence-corrected chi connectivity index (χ1v) is 5.42. The molecule has 2 heterocycles. The summed E-state index contributed by atoms with van der Waals surface area (Å²) in [5.41, 5.74) is 3.39. The van der Waals surface area contributed by atoms with Crippen LogP contribution in [-0.2, 0) is 0 Å². The van der Waals surface area contributed by atoms with Crippen LogP contribution in [0.2, 0.25) is 0 Å². The molecule has 2 nitrogen and oxygen atoms in total. The maximum absolute atomic E-state index is 5.84. The van der Waals surface area contributed by atoms with Gasteiger partial charge >= 0.3 is 0 Å². The van der Waals surface area contributed by atoms with Crippen molar-refractivity contribution in [3.63, 3.8) is 0 Å². The van der Waals surface area contributed by atoms with Crippen molar-refractivity contribution in [3.8, 4) is 5.75 Å². The lowest BCUT2D eigenvalue weighted by molar-refractivity contribution is 0.431. The summed E-state index contributed by atoms with van der Waals surface area (Å²) in [6, 6.07) is 6.28. The summed E-state index contributed by atoms with van der Waals surface area (Å²) < 4.78 is 5.84. The lowest BCUT2D eigenvalue weighted by Gasteiger charge is -2.20. The number of pyridine rings is 1. The lowest BCUT2D eigenvalue weighted by Crippen LogP contribution is -2.04. The van der Waals surface area contributed by atoms with E-state index in [0.29, 0.717) is 0 Å². The van der Waals surface area contributed by atoms with E-state index in [2.05, 4.69) is 31.0 Å². The molecule has 0 unspecified atom stereocenters. The number of aryl methyl sites for hydroxylation is 1. The van der Waals surface area contributed by atoms with Crippen LogP contribution in [0, 0.1) is 6.92 Å². The van der Waals surface area contributed by atoms with Gasteiger partial charge in [0.1, 0.15) is 11.5 Å². The zero-order chi connectivity index (χ0) is 11.3. The number of nitrogens with zero attached hydrogens (tertiary/aromatic N) is 1. The van der Waals surface area contributed by atoms with E-state index >= 15 is 0 Å². The number of benzene rings is 1. The summed E-state index contributed by atoms with van der Waals surface area (Å²) in [4.78, 5) is 4.46. The number of rotatable bonds is 0. The van der Waals surface area contributed by atoms with Gasteiger partial charge in [-0.25, -0.2) is 0 Å². The summed E-state index contributed by atoms with van der Waals surface area (Å²) in [6.07, 6.45) is 1.86. The minimum atomic E-state index is 0.932. The largest absolute Gasteiger partial charge is 0.461 e. The van der Waals surface area contributed by atoms with E-state index in [9.17, 15) is 0 Å². The van der Waals surface area contributed by atoms with E-state index in [1.807, 2.05) is 19.2 Å². The fourth-order valence-corrected chi connectivity index (χ4v) is 2.19. The highest BCUT2D eigenvalue weighted by Gasteiger charge is 2.18. The maximum atomic E-state index is 5.84. The first-order valence-electron chi connectivity index (χ1n) is 5.42. The number of hydrogen-bond donors (Lipinski definition) is 0. The molecule has 0 fully saturated rings. The van der Waals surface area contributed by atoms with Gasteiger partial charge in [-0.1, -0.05) is 6.07 Å². The van der Waals surface area contributed by atoms with E-state index in [4.69, 9.17) is 4.74 Å². The molecule has 2 aromatic rings. The van der Waals surface area contributed by atoms with E-state index < -0.39 is 0 Å². The minimum Gasteiger partial charge on any atom is -0.461 e. The Labute approximate surface area is 94.6 Å². The molecule has 80 valence electrons. The van der Waals surface area contributed by atoms with Gasteiger partial charge in [0.2, 0.25) is 0 Å². The molecule has 0 amide bonds. The van der Waals surface area contributed by atoms with Crippen molar-refractivity contribution >= 4 is 16.3 Å². The van der Waals surface area contributed by atoms with Gasteiger partial charge in [0.15, 0.2) is 0 Å². The molecular formula is C14H13NO. The zero-order valence-corrected chi connectivity index (χ0v) is 9.66. The first kappa shape index (κ1) is 9.40. The first-order chi connectivity index (χ1) is 7.66. The third kappa shape index (κ3) is 1.16. The third-order valence-electron chi connectivity index (χ3n) is 3.12. The van der Waals surface area contributed by atoms with Gasteiger partial charge in [-0.2, -0.15) is 0 Å². The van der Waals surface area contributed by atoms with Gasteiger partial charge < -0.3 is 4.74 Å². The van der Waals surface area contributed by atoms with Gasteiger partial charge in [-0.3, -0.25) is 4.98 Å². The maximum Gasteiger partial charge on any atom is 0.137 e. The van der Waals surface area contributed by atoms with Crippen molar-refractivity contribution in [2.24, 2.45) is 0 Å². The van der Waals surface area contributed by atoms with Crippen LogP contribution >= 0.6 is 0 Å². The molecular weight excluding hydrogens is 198 g/mol. The van der Waals surface area contributed by atoms with Crippen LogP contribution in [0.3, 0.4) is 0 Å². The monoisotopic (exact) mass is 211 g/mol. The fraction of sp³-hybridized carbons (Fsp3) is 0.214. The number of hydrogen-bond acceptors (Lipinski definition) is 2. The van der Waals surface area contributed by atoms with Gasteiger partial charge in [0.05, 0.1) is 11.1 Å². The summed E-state index contributed by atoms with van der Waals surface area (Å²) >= 11 is 0. The van der Waals surface area contributed by atoms with E-state index in [1.54, 1.807) is 0 Å². The van der Waals surface area contributed by atoms with Crippen LogP contribution in [0.15, 0.2) is 30.2 Å². The van der Waals surface area contributed by atoms with E-state index in [0.717, 1.165) is 28.2 Å². The summed E-state index contributed by atoms with van der Waals surface area (Å²) in [7, 11) is 0. The summed E-state index contributed by atoms with van der Waals surface area (Å²) in [5, 5.41) is 2.34. The smallest absolute Gasteiger partial charge is 0.137 e. The van der Waals surface area contributed by atoms with Gasteiger partial charge in [0.25, 0.3) is 0 Å². The molecule has 0 atom stereocenters. The second-order valence-electron chi connectivity index (χ2n) is 4.30. The minimum absolute atomic E-state index is 0.932. The van der Waals surface area contributed by atoms with Crippen molar-refractivity contribution in [3.05, 3.63) is 41.4 Å². The van der Waals surface area contributed by atoms with Crippen LogP contribution in [0.1, 0.15) is 25.1 Å². The normalized spacial score (nSPS) is 14.2. The third-order valence-corrected chi connectivity index (χ3v) is 3.12. The van der Waals surface area contributed by atoms with Crippen molar-refractivity contribution in [2.75, 3.05) is 0 Å². The molecule has 1 aromatic carbocycles. The highest BCUT2D eigenvalue weighted by molar-refractivity contribution is 5.98. The van der Waals surface area contributed by atoms with Crippen LogP contribution in [0.4, 0.5) is 0 Å². The lowest BCUT2D eigenvalue weighted by atomic mass is 10.00. The van der Waals surface area contributed by atoms with Crippen molar-refractivity contribution < 1.29 is 4.74 Å². The van der Waals surface area contributed by atoms with Crippen LogP contribution in [-0.4, -0.2) is 4.98 Å². The Morgan fingerprint density at radius 2 is 1.94 bits per heavy atom. The zero-order valence-electron chi connectivity index (χ0n) is 9.66. The molecule has 0 N–H and O–H groups in total. The van der Waals surface area contributed by atoms with Gasteiger partial charge in [-0.15, -0.1) is 0 Å². The average molecular weight is 211 g/mol. The Bertz CT molecular complexity index is 626. The highest BCUT2D eigenvalue weighted by atomic mass is 16.5. The Hall–Kier alpha value is -1.83. The summed E-state index contributed by atoms with van der Waals surface area (Å²) in [6.45, 7) is 6.13. The van der Waals surface area contributed by atoms with Crippen molar-refractivity contribution in [1.82, 2.24) is 4.98 Å². The molecule has 16 heavy (non-hydrogen) atoms. The fourth-order valence-electron chi connectivity index (χ4n) is 2.19. The van der Waals surface area contributed by atoms with Gasteiger partial charge in [0, 0.05) is 11.8 Å². The van der Waals surface area contributed by atoms with E-state index in [1.165, 1.54) is 10.9 Å². The molecule has 1 aliphatic rings. The number of allylic oxidation sites excluding steroid dienone is 2. The molecule has 1 aliphatic heterocycles. The molecule has 0 radical (unpaired) electrons. The molecule has 3 rings (SSSR count). The standard InChI is InChI=1S/C14H13NO/c1-8-6-11-4-5-15-14-9(2)10(3)16-12(7-8)13(11)14/h4-7H,1-3H3. The molecule has 2 heteroatoms. The quantitative estimate of drug-likeness (QED) is 0.663. The van der Waals surface area contributed by atoms with Gasteiger partial charge in [-0.05, 0) is 43.9 Å². The van der Waals surface area contributed by atoms with E-state index in [-0.39, 0.29) is 0 Å². The van der Waals surface area contributed by atoms with Crippen LogP contribution in [0.25, 0.3) is 16.3 Å². The van der Waals surface area contributed by atoms with Crippen molar-refractivity contribution in [1.29, 1.82) is 0 Å². The second kappa shape index (κ2) is 3.08. The molecule has 0 saturated heterocycles. The predicted octanol–water partition coefficient (Wildman–Crippen LogP) is 3.69. The molecule has 0 bridgehead atoms. The highest BCUT2D eigenvalue weighted by Crippen LogP contribution is 2.38. The average Bonchev–Trinajstić information content (AvgIpc) is 2.25. The predicted molar refractivity (Wildman–Crippen MR) is 65.4 cm³/mol. The second-order valence-corrected chi connectivity index (χ2v) is 4.30. The molecule has 1 aromatic heterocycles. The SMILES string of the molecule is CC1=C(C)c2nccc3cc(C)cc(c23)O1.